The molecular formula is C15H16N2. The number of imidazole rings is 1. The van der Waals surface area contributed by atoms with E-state index in [4.69, 9.17) is 4.98 Å². The fourth-order valence-electron chi connectivity index (χ4n) is 2.28. The maximum atomic E-state index is 4.73. The van der Waals surface area contributed by atoms with Crippen LogP contribution in [-0.2, 0) is 0 Å². The maximum absolute atomic E-state index is 4.73. The lowest BCUT2D eigenvalue weighted by molar-refractivity contribution is 0.799. The molecule has 0 atom stereocenters. The average Bonchev–Trinajstić information content (AvgIpc) is 2.73. The lowest BCUT2D eigenvalue weighted by Gasteiger charge is -2.01. The predicted molar refractivity (Wildman–Crippen MR) is 72.4 cm³/mol. The molecule has 1 N–H and O–H groups in total. The number of hydrogen-bond donors (Lipinski definition) is 1. The lowest BCUT2D eigenvalue weighted by atomic mass is 10.0. The molecule has 0 saturated heterocycles. The Kier molecular flexibility index (Phi) is 2.18. The third kappa shape index (κ3) is 1.52. The highest BCUT2D eigenvalue weighted by Crippen LogP contribution is 2.27. The second-order valence-electron chi connectivity index (χ2n) is 4.91. The highest BCUT2D eigenvalue weighted by Gasteiger charge is 2.09. The zero-order valence-electron chi connectivity index (χ0n) is 10.4. The third-order valence-electron chi connectivity index (χ3n) is 3.29. The van der Waals surface area contributed by atoms with E-state index in [1.165, 1.54) is 16.3 Å². The van der Waals surface area contributed by atoms with Gasteiger partial charge in [0.15, 0.2) is 0 Å². The Morgan fingerprint density at radius 2 is 1.88 bits per heavy atom. The van der Waals surface area contributed by atoms with Gasteiger partial charge in [-0.2, -0.15) is 0 Å². The molecule has 1 aromatic heterocycles. The average molecular weight is 224 g/mol. The van der Waals surface area contributed by atoms with Gasteiger partial charge in [0.2, 0.25) is 0 Å². The van der Waals surface area contributed by atoms with E-state index in [1.54, 1.807) is 0 Å². The summed E-state index contributed by atoms with van der Waals surface area (Å²) in [6.07, 6.45) is 0. The van der Waals surface area contributed by atoms with Crippen LogP contribution in [0.25, 0.3) is 21.8 Å². The molecule has 2 heteroatoms. The molecule has 0 bridgehead atoms. The smallest absolute Gasteiger partial charge is 0.109 e. The summed E-state index contributed by atoms with van der Waals surface area (Å²) in [6, 6.07) is 10.7. The molecule has 0 aliphatic heterocycles. The number of aryl methyl sites for hydroxylation is 1. The zero-order chi connectivity index (χ0) is 12.0. The van der Waals surface area contributed by atoms with Gasteiger partial charge in [-0.15, -0.1) is 0 Å². The van der Waals surface area contributed by atoms with Crippen molar-refractivity contribution in [3.63, 3.8) is 0 Å². The monoisotopic (exact) mass is 224 g/mol. The number of hydrogen-bond acceptors (Lipinski definition) is 1. The number of nitrogens with zero attached hydrogens (tertiary/aromatic N) is 1. The second-order valence-corrected chi connectivity index (χ2v) is 4.91. The lowest BCUT2D eigenvalue weighted by Crippen LogP contribution is -1.88. The van der Waals surface area contributed by atoms with E-state index >= 15 is 0 Å². The molecule has 1 heterocycles. The first-order chi connectivity index (χ1) is 8.16. The van der Waals surface area contributed by atoms with Crippen LogP contribution in [-0.4, -0.2) is 9.97 Å². The van der Waals surface area contributed by atoms with Crippen molar-refractivity contribution in [2.45, 2.75) is 26.7 Å². The Balaban J connectivity index is 2.43. The van der Waals surface area contributed by atoms with Gasteiger partial charge in [0.1, 0.15) is 5.82 Å². The summed E-state index contributed by atoms with van der Waals surface area (Å²) < 4.78 is 0. The Morgan fingerprint density at radius 3 is 2.65 bits per heavy atom. The third-order valence-corrected chi connectivity index (χ3v) is 3.29. The van der Waals surface area contributed by atoms with Crippen molar-refractivity contribution in [3.05, 3.63) is 41.7 Å². The number of H-pyrrole nitrogens is 1. The Labute approximate surface area is 101 Å². The molecule has 0 spiro atoms. The van der Waals surface area contributed by atoms with E-state index < -0.39 is 0 Å². The minimum absolute atomic E-state index is 0.433. The van der Waals surface area contributed by atoms with Gasteiger partial charge in [-0.3, -0.25) is 0 Å². The van der Waals surface area contributed by atoms with Crippen LogP contribution in [0.5, 0.6) is 0 Å². The molecule has 0 saturated carbocycles. The second kappa shape index (κ2) is 3.59. The van der Waals surface area contributed by atoms with Gasteiger partial charge in [-0.05, 0) is 23.9 Å². The normalized spacial score (nSPS) is 11.8. The largest absolute Gasteiger partial charge is 0.342 e. The molecule has 0 amide bonds. The molecule has 0 aliphatic rings. The topological polar surface area (TPSA) is 28.7 Å². The van der Waals surface area contributed by atoms with E-state index in [-0.39, 0.29) is 0 Å². The summed E-state index contributed by atoms with van der Waals surface area (Å²) in [7, 11) is 0. The summed E-state index contributed by atoms with van der Waals surface area (Å²) >= 11 is 0. The highest BCUT2D eigenvalue weighted by atomic mass is 14.9. The van der Waals surface area contributed by atoms with Gasteiger partial charge < -0.3 is 4.98 Å². The SMILES string of the molecule is Cc1cccc2c1ccc1[nH]c(C(C)C)nc12. The predicted octanol–water partition coefficient (Wildman–Crippen LogP) is 4.15. The van der Waals surface area contributed by atoms with E-state index in [2.05, 4.69) is 56.1 Å². The van der Waals surface area contributed by atoms with Crippen molar-refractivity contribution in [1.29, 1.82) is 0 Å². The van der Waals surface area contributed by atoms with Crippen LogP contribution < -0.4 is 0 Å². The minimum Gasteiger partial charge on any atom is -0.342 e. The minimum atomic E-state index is 0.433. The molecule has 2 aromatic carbocycles. The number of rotatable bonds is 1. The molecule has 86 valence electrons. The van der Waals surface area contributed by atoms with Crippen LogP contribution in [0.4, 0.5) is 0 Å². The van der Waals surface area contributed by atoms with Gasteiger partial charge in [0.05, 0.1) is 11.0 Å². The number of nitrogens with one attached hydrogen (secondary N) is 1. The van der Waals surface area contributed by atoms with Gasteiger partial charge in [0, 0.05) is 11.3 Å². The standard InChI is InChI=1S/C15H16N2/c1-9(2)15-16-13-8-7-11-10(3)5-4-6-12(11)14(13)17-15/h4-9H,1-3H3,(H,16,17). The molecule has 0 unspecified atom stereocenters. The highest BCUT2D eigenvalue weighted by molar-refractivity contribution is 6.05. The van der Waals surface area contributed by atoms with Crippen molar-refractivity contribution < 1.29 is 0 Å². The summed E-state index contributed by atoms with van der Waals surface area (Å²) in [4.78, 5) is 8.12. The van der Waals surface area contributed by atoms with E-state index in [9.17, 15) is 0 Å². The van der Waals surface area contributed by atoms with Crippen LogP contribution in [0.1, 0.15) is 31.2 Å². The van der Waals surface area contributed by atoms with Crippen LogP contribution >= 0.6 is 0 Å². The molecule has 0 aliphatic carbocycles. The van der Waals surface area contributed by atoms with Gasteiger partial charge in [0.25, 0.3) is 0 Å². The van der Waals surface area contributed by atoms with Crippen molar-refractivity contribution in [1.82, 2.24) is 9.97 Å². The molecule has 2 nitrogen and oxygen atoms in total. The molecule has 0 fully saturated rings. The Bertz CT molecular complexity index is 693. The number of benzene rings is 2. The molecular weight excluding hydrogens is 208 g/mol. The van der Waals surface area contributed by atoms with Crippen LogP contribution in [0.3, 0.4) is 0 Å². The summed E-state index contributed by atoms with van der Waals surface area (Å²) in [5, 5.41) is 2.53. The zero-order valence-corrected chi connectivity index (χ0v) is 10.4. The summed E-state index contributed by atoms with van der Waals surface area (Å²) in [5.41, 5.74) is 3.53. The van der Waals surface area contributed by atoms with Gasteiger partial charge in [-0.25, -0.2) is 4.98 Å². The molecule has 3 aromatic rings. The summed E-state index contributed by atoms with van der Waals surface area (Å²) in [5.74, 6) is 1.50. The first-order valence-electron chi connectivity index (χ1n) is 6.05. The van der Waals surface area contributed by atoms with E-state index in [0.717, 1.165) is 16.9 Å². The van der Waals surface area contributed by atoms with Crippen molar-refractivity contribution in [2.24, 2.45) is 0 Å². The van der Waals surface area contributed by atoms with Crippen LogP contribution in [0, 0.1) is 6.92 Å². The van der Waals surface area contributed by atoms with Crippen molar-refractivity contribution in [2.75, 3.05) is 0 Å². The fraction of sp³-hybridized carbons (Fsp3) is 0.267. The van der Waals surface area contributed by atoms with Crippen molar-refractivity contribution >= 4 is 21.8 Å². The molecule has 3 rings (SSSR count). The van der Waals surface area contributed by atoms with Crippen molar-refractivity contribution in [3.8, 4) is 0 Å². The number of aromatic amines is 1. The number of fused-ring (bicyclic) bond motifs is 3. The molecule has 0 radical (unpaired) electrons. The Hall–Kier alpha value is -1.83. The van der Waals surface area contributed by atoms with E-state index in [0.29, 0.717) is 5.92 Å². The molecule has 17 heavy (non-hydrogen) atoms. The number of aromatic nitrogens is 2. The maximum Gasteiger partial charge on any atom is 0.109 e. The van der Waals surface area contributed by atoms with Gasteiger partial charge >= 0.3 is 0 Å². The Morgan fingerprint density at radius 1 is 1.06 bits per heavy atom. The van der Waals surface area contributed by atoms with E-state index in [1.807, 2.05) is 0 Å². The van der Waals surface area contributed by atoms with Gasteiger partial charge in [-0.1, -0.05) is 38.1 Å². The first kappa shape index (κ1) is 10.3. The fourth-order valence-corrected chi connectivity index (χ4v) is 2.28. The quantitative estimate of drug-likeness (QED) is 0.661. The first-order valence-corrected chi connectivity index (χ1v) is 6.05. The van der Waals surface area contributed by atoms with Crippen LogP contribution in [0.15, 0.2) is 30.3 Å². The van der Waals surface area contributed by atoms with Crippen LogP contribution in [0.2, 0.25) is 0 Å². The summed E-state index contributed by atoms with van der Waals surface area (Å²) in [6.45, 7) is 6.46.